The second kappa shape index (κ2) is 7.51. The zero-order chi connectivity index (χ0) is 15.7. The lowest BCUT2D eigenvalue weighted by Crippen LogP contribution is -2.43. The van der Waals surface area contributed by atoms with Crippen LogP contribution in [-0.4, -0.2) is 30.9 Å². The number of anilines is 1. The minimum Gasteiger partial charge on any atom is -0.354 e. The van der Waals surface area contributed by atoms with Crippen molar-refractivity contribution >= 4 is 41.5 Å². The number of nitrogens with one attached hydrogen (secondary N) is 1. The molecular weight excluding hydrogens is 337 g/mol. The van der Waals surface area contributed by atoms with E-state index in [9.17, 15) is 9.59 Å². The van der Waals surface area contributed by atoms with E-state index < -0.39 is 5.92 Å². The third-order valence-corrected chi connectivity index (χ3v) is 4.65. The Kier molecular flexibility index (Phi) is 5.89. The monoisotopic (exact) mass is 357 g/mol. The summed E-state index contributed by atoms with van der Waals surface area (Å²) >= 11 is 5.86. The predicted molar refractivity (Wildman–Crippen MR) is 92.9 cm³/mol. The smallest absolute Gasteiger partial charge is 0.239 e. The van der Waals surface area contributed by atoms with Crippen LogP contribution in [0.4, 0.5) is 5.69 Å². The topological polar surface area (TPSA) is 75.4 Å². The minimum absolute atomic E-state index is 0. The van der Waals surface area contributed by atoms with Crippen LogP contribution < -0.4 is 16.0 Å². The zero-order valence-corrected chi connectivity index (χ0v) is 14.3. The summed E-state index contributed by atoms with van der Waals surface area (Å²) in [6.45, 7) is 1.00. The van der Waals surface area contributed by atoms with Crippen LogP contribution in [0, 0.1) is 11.8 Å². The molecule has 7 heteroatoms. The quantitative estimate of drug-likeness (QED) is 0.791. The molecule has 2 fully saturated rings. The minimum atomic E-state index is -0.609. The molecule has 1 aromatic carbocycles. The average Bonchev–Trinajstić information content (AvgIpc) is 3.29. The predicted octanol–water partition coefficient (Wildman–Crippen LogP) is 1.97. The highest BCUT2D eigenvalue weighted by atomic mass is 35.5. The van der Waals surface area contributed by atoms with Gasteiger partial charge in [0.25, 0.3) is 0 Å². The number of nitrogens with two attached hydrogens (primary N) is 1. The number of rotatable bonds is 5. The molecule has 2 atom stereocenters. The standard InChI is InChI=1S/C16H20ClN3O2.ClH/c17-11-3-5-12(6-4-11)20-8-7-13(16(20)22)15(21)19-9-14(18)10-1-2-10;/h3-6,10,13-14H,1-2,7-9,18H2,(H,19,21);1H. The number of benzene rings is 1. The summed E-state index contributed by atoms with van der Waals surface area (Å²) < 4.78 is 0. The zero-order valence-electron chi connectivity index (χ0n) is 12.7. The molecule has 23 heavy (non-hydrogen) atoms. The highest BCUT2D eigenvalue weighted by molar-refractivity contribution is 6.30. The third-order valence-electron chi connectivity index (χ3n) is 4.40. The molecule has 1 aliphatic heterocycles. The fraction of sp³-hybridized carbons (Fsp3) is 0.500. The van der Waals surface area contributed by atoms with Crippen LogP contribution >= 0.6 is 24.0 Å². The van der Waals surface area contributed by atoms with E-state index in [-0.39, 0.29) is 30.3 Å². The van der Waals surface area contributed by atoms with Gasteiger partial charge in [-0.2, -0.15) is 0 Å². The Balaban J connectivity index is 0.00000192. The summed E-state index contributed by atoms with van der Waals surface area (Å²) in [6.07, 6.45) is 2.82. The van der Waals surface area contributed by atoms with Crippen molar-refractivity contribution in [2.75, 3.05) is 18.0 Å². The lowest BCUT2D eigenvalue weighted by atomic mass is 10.1. The van der Waals surface area contributed by atoms with Crippen molar-refractivity contribution in [1.29, 1.82) is 0 Å². The molecule has 1 saturated heterocycles. The summed E-state index contributed by atoms with van der Waals surface area (Å²) in [5.41, 5.74) is 6.75. The van der Waals surface area contributed by atoms with Crippen LogP contribution in [-0.2, 0) is 9.59 Å². The number of carbonyl (C=O) groups is 2. The lowest BCUT2D eigenvalue weighted by Gasteiger charge is -2.17. The van der Waals surface area contributed by atoms with Crippen molar-refractivity contribution in [2.24, 2.45) is 17.6 Å². The summed E-state index contributed by atoms with van der Waals surface area (Å²) in [7, 11) is 0. The Labute approximate surface area is 146 Å². The molecule has 1 aromatic rings. The number of halogens is 2. The molecule has 1 heterocycles. The first-order valence-electron chi connectivity index (χ1n) is 7.66. The molecule has 0 spiro atoms. The van der Waals surface area contributed by atoms with Gasteiger partial charge >= 0.3 is 0 Å². The first-order valence-corrected chi connectivity index (χ1v) is 8.04. The van der Waals surface area contributed by atoms with Crippen LogP contribution in [0.2, 0.25) is 5.02 Å². The molecule has 2 unspecified atom stereocenters. The van der Waals surface area contributed by atoms with Gasteiger partial charge in [0, 0.05) is 29.8 Å². The van der Waals surface area contributed by atoms with Crippen molar-refractivity contribution in [3.8, 4) is 0 Å². The number of carbonyl (C=O) groups excluding carboxylic acids is 2. The maximum atomic E-state index is 12.4. The van der Waals surface area contributed by atoms with Crippen LogP contribution in [0.15, 0.2) is 24.3 Å². The van der Waals surface area contributed by atoms with Gasteiger partial charge in [0.15, 0.2) is 0 Å². The van der Waals surface area contributed by atoms with Gasteiger partial charge in [-0.05, 0) is 49.4 Å². The van der Waals surface area contributed by atoms with Gasteiger partial charge in [0.2, 0.25) is 11.8 Å². The highest BCUT2D eigenvalue weighted by Gasteiger charge is 2.38. The van der Waals surface area contributed by atoms with E-state index in [0.717, 1.165) is 18.5 Å². The van der Waals surface area contributed by atoms with Crippen molar-refractivity contribution in [3.63, 3.8) is 0 Å². The summed E-state index contributed by atoms with van der Waals surface area (Å²) in [6, 6.07) is 7.08. The van der Waals surface area contributed by atoms with Gasteiger partial charge in [-0.25, -0.2) is 0 Å². The average molecular weight is 358 g/mol. The van der Waals surface area contributed by atoms with Gasteiger partial charge in [0.1, 0.15) is 5.92 Å². The van der Waals surface area contributed by atoms with E-state index in [1.165, 1.54) is 0 Å². The molecule has 0 radical (unpaired) electrons. The van der Waals surface area contributed by atoms with Crippen molar-refractivity contribution in [1.82, 2.24) is 5.32 Å². The van der Waals surface area contributed by atoms with Crippen LogP contribution in [0.5, 0.6) is 0 Å². The van der Waals surface area contributed by atoms with E-state index in [1.807, 2.05) is 0 Å². The second-order valence-corrected chi connectivity index (χ2v) is 6.49. The number of hydrogen-bond acceptors (Lipinski definition) is 3. The molecule has 2 aliphatic rings. The van der Waals surface area contributed by atoms with Crippen molar-refractivity contribution < 1.29 is 9.59 Å². The summed E-state index contributed by atoms with van der Waals surface area (Å²) in [5.74, 6) is -0.440. The lowest BCUT2D eigenvalue weighted by molar-refractivity contribution is -0.132. The van der Waals surface area contributed by atoms with Crippen molar-refractivity contribution in [3.05, 3.63) is 29.3 Å². The number of nitrogens with zero attached hydrogens (tertiary/aromatic N) is 1. The Morgan fingerprint density at radius 3 is 2.57 bits per heavy atom. The van der Waals surface area contributed by atoms with E-state index in [0.29, 0.717) is 30.5 Å². The van der Waals surface area contributed by atoms with Gasteiger partial charge in [0.05, 0.1) is 0 Å². The van der Waals surface area contributed by atoms with Gasteiger partial charge < -0.3 is 16.0 Å². The molecular formula is C16H21Cl2N3O2. The van der Waals surface area contributed by atoms with Crippen LogP contribution in [0.1, 0.15) is 19.3 Å². The normalized spacial score (nSPS) is 21.7. The Hall–Kier alpha value is -1.30. The molecule has 0 aromatic heterocycles. The van der Waals surface area contributed by atoms with Crippen molar-refractivity contribution in [2.45, 2.75) is 25.3 Å². The van der Waals surface area contributed by atoms with E-state index in [1.54, 1.807) is 29.2 Å². The second-order valence-electron chi connectivity index (χ2n) is 6.05. The molecule has 5 nitrogen and oxygen atoms in total. The molecule has 3 rings (SSSR count). The SMILES string of the molecule is Cl.NC(CNC(=O)C1CCN(c2ccc(Cl)cc2)C1=O)C1CC1. The number of amides is 2. The largest absolute Gasteiger partial charge is 0.354 e. The van der Waals surface area contributed by atoms with Gasteiger partial charge in [-0.15, -0.1) is 12.4 Å². The van der Waals surface area contributed by atoms with E-state index in [2.05, 4.69) is 5.32 Å². The molecule has 2 amide bonds. The first kappa shape index (κ1) is 18.0. The Bertz CT molecular complexity index is 575. The molecule has 1 aliphatic carbocycles. The third kappa shape index (κ3) is 4.16. The molecule has 1 saturated carbocycles. The van der Waals surface area contributed by atoms with Crippen LogP contribution in [0.25, 0.3) is 0 Å². The van der Waals surface area contributed by atoms with Gasteiger partial charge in [-0.3, -0.25) is 9.59 Å². The summed E-state index contributed by atoms with van der Waals surface area (Å²) in [5, 5.41) is 3.45. The molecule has 126 valence electrons. The number of hydrogen-bond donors (Lipinski definition) is 2. The fourth-order valence-corrected chi connectivity index (χ4v) is 2.96. The van der Waals surface area contributed by atoms with E-state index in [4.69, 9.17) is 17.3 Å². The molecule has 0 bridgehead atoms. The fourth-order valence-electron chi connectivity index (χ4n) is 2.83. The summed E-state index contributed by atoms with van der Waals surface area (Å²) in [4.78, 5) is 26.3. The Morgan fingerprint density at radius 1 is 1.30 bits per heavy atom. The maximum absolute atomic E-state index is 12.4. The van der Waals surface area contributed by atoms with Gasteiger partial charge in [-0.1, -0.05) is 11.6 Å². The Morgan fingerprint density at radius 2 is 1.96 bits per heavy atom. The van der Waals surface area contributed by atoms with E-state index >= 15 is 0 Å². The highest BCUT2D eigenvalue weighted by Crippen LogP contribution is 2.31. The molecule has 3 N–H and O–H groups in total. The first-order chi connectivity index (χ1) is 10.6. The maximum Gasteiger partial charge on any atom is 0.239 e. The van der Waals surface area contributed by atoms with Crippen LogP contribution in [0.3, 0.4) is 0 Å².